The first-order valence-electron chi connectivity index (χ1n) is 7.91. The first-order chi connectivity index (χ1) is 11.9. The summed E-state index contributed by atoms with van der Waals surface area (Å²) in [5.74, 6) is 0.119. The molecule has 1 amide bonds. The van der Waals surface area contributed by atoms with Gasteiger partial charge in [0.05, 0.1) is 6.04 Å². The lowest BCUT2D eigenvalue weighted by Crippen LogP contribution is -2.29. The van der Waals surface area contributed by atoms with Gasteiger partial charge in [0.25, 0.3) is 0 Å². The van der Waals surface area contributed by atoms with Gasteiger partial charge in [-0.3, -0.25) is 4.79 Å². The number of rotatable bonds is 7. The fourth-order valence-corrected chi connectivity index (χ4v) is 2.57. The highest BCUT2D eigenvalue weighted by Crippen LogP contribution is 2.22. The maximum absolute atomic E-state index is 12.4. The van der Waals surface area contributed by atoms with Crippen LogP contribution in [-0.4, -0.2) is 24.5 Å². The number of carbonyl (C=O) groups excluding carboxylic acids is 1. The maximum Gasteiger partial charge on any atom is 0.387 e. The van der Waals surface area contributed by atoms with E-state index in [-0.39, 0.29) is 17.7 Å². The summed E-state index contributed by atoms with van der Waals surface area (Å²) in [6, 6.07) is 13.7. The summed E-state index contributed by atoms with van der Waals surface area (Å²) in [6.07, 6.45) is 0.870. The molecule has 0 radical (unpaired) electrons. The van der Waals surface area contributed by atoms with Gasteiger partial charge in [0, 0.05) is 18.5 Å². The molecular formula is C19H20ClF2NO2. The first kappa shape index (κ1) is 19.2. The molecule has 2 rings (SSSR count). The number of halogens is 3. The Morgan fingerprint density at radius 2 is 1.72 bits per heavy atom. The molecule has 25 heavy (non-hydrogen) atoms. The number of nitrogens with zero attached hydrogens (tertiary/aromatic N) is 1. The Morgan fingerprint density at radius 3 is 2.28 bits per heavy atom. The van der Waals surface area contributed by atoms with E-state index in [2.05, 4.69) is 4.74 Å². The summed E-state index contributed by atoms with van der Waals surface area (Å²) in [7, 11) is 1.77. The predicted molar refractivity (Wildman–Crippen MR) is 94.0 cm³/mol. The molecule has 0 aliphatic carbocycles. The third-order valence-corrected chi connectivity index (χ3v) is 4.35. The second-order valence-corrected chi connectivity index (χ2v) is 6.19. The minimum absolute atomic E-state index is 0.00959. The van der Waals surface area contributed by atoms with Crippen LogP contribution in [0.1, 0.15) is 30.5 Å². The number of amides is 1. The molecule has 3 nitrogen and oxygen atoms in total. The summed E-state index contributed by atoms with van der Waals surface area (Å²) in [5.41, 5.74) is 1.90. The van der Waals surface area contributed by atoms with Gasteiger partial charge in [-0.2, -0.15) is 8.78 Å². The number of ether oxygens (including phenoxy) is 1. The summed E-state index contributed by atoms with van der Waals surface area (Å²) in [4.78, 5) is 14.1. The maximum atomic E-state index is 12.4. The van der Waals surface area contributed by atoms with Crippen molar-refractivity contribution in [2.24, 2.45) is 0 Å². The molecule has 0 aliphatic heterocycles. The van der Waals surface area contributed by atoms with Crippen molar-refractivity contribution in [3.05, 3.63) is 64.7 Å². The minimum Gasteiger partial charge on any atom is -0.435 e. The van der Waals surface area contributed by atoms with Crippen LogP contribution in [0.5, 0.6) is 5.75 Å². The standard InChI is InChI=1S/C19H20ClF2NO2/c1-13(15-6-8-16(20)9-7-15)23(2)18(24)12-5-14-3-10-17(11-4-14)25-19(21)22/h3-4,6-11,13,19H,5,12H2,1-2H3. The van der Waals surface area contributed by atoms with Gasteiger partial charge < -0.3 is 9.64 Å². The van der Waals surface area contributed by atoms with Gasteiger partial charge in [-0.05, 0) is 48.7 Å². The van der Waals surface area contributed by atoms with Gasteiger partial charge in [0.15, 0.2) is 0 Å². The number of benzene rings is 2. The van der Waals surface area contributed by atoms with Crippen molar-refractivity contribution in [3.63, 3.8) is 0 Å². The molecule has 0 aromatic heterocycles. The molecule has 0 bridgehead atoms. The Balaban J connectivity index is 1.89. The average molecular weight is 368 g/mol. The van der Waals surface area contributed by atoms with E-state index in [0.717, 1.165) is 11.1 Å². The van der Waals surface area contributed by atoms with Crippen molar-refractivity contribution in [1.82, 2.24) is 4.90 Å². The quantitative estimate of drug-likeness (QED) is 0.681. The Hall–Kier alpha value is -2.14. The smallest absolute Gasteiger partial charge is 0.387 e. The van der Waals surface area contributed by atoms with Crippen LogP contribution in [0.25, 0.3) is 0 Å². The molecular weight excluding hydrogens is 348 g/mol. The molecule has 0 saturated carbocycles. The summed E-state index contributed by atoms with van der Waals surface area (Å²) in [6.45, 7) is -0.882. The lowest BCUT2D eigenvalue weighted by molar-refractivity contribution is -0.131. The Kier molecular flexibility index (Phi) is 6.76. The van der Waals surface area contributed by atoms with Crippen LogP contribution in [0.4, 0.5) is 8.78 Å². The van der Waals surface area contributed by atoms with Gasteiger partial charge in [-0.25, -0.2) is 0 Å². The van der Waals surface area contributed by atoms with Gasteiger partial charge in [0.1, 0.15) is 5.75 Å². The molecule has 0 aliphatic rings. The van der Waals surface area contributed by atoms with E-state index in [1.54, 1.807) is 36.2 Å². The van der Waals surface area contributed by atoms with Crippen LogP contribution in [0.3, 0.4) is 0 Å². The van der Waals surface area contributed by atoms with E-state index in [1.165, 1.54) is 12.1 Å². The van der Waals surface area contributed by atoms with Crippen LogP contribution >= 0.6 is 11.6 Å². The van der Waals surface area contributed by atoms with Gasteiger partial charge in [-0.1, -0.05) is 35.9 Å². The molecule has 2 aromatic carbocycles. The van der Waals surface area contributed by atoms with Crippen molar-refractivity contribution in [3.8, 4) is 5.75 Å². The van der Waals surface area contributed by atoms with Gasteiger partial charge in [-0.15, -0.1) is 0 Å². The highest BCUT2D eigenvalue weighted by Gasteiger charge is 2.17. The lowest BCUT2D eigenvalue weighted by atomic mass is 10.1. The normalized spacial score (nSPS) is 12.1. The predicted octanol–water partition coefficient (Wildman–Crippen LogP) is 5.09. The molecule has 0 spiro atoms. The van der Waals surface area contributed by atoms with Crippen molar-refractivity contribution in [2.75, 3.05) is 7.05 Å². The minimum atomic E-state index is -2.84. The van der Waals surface area contributed by atoms with Crippen molar-refractivity contribution in [1.29, 1.82) is 0 Å². The van der Waals surface area contributed by atoms with E-state index in [0.29, 0.717) is 17.9 Å². The molecule has 2 aromatic rings. The zero-order valence-corrected chi connectivity index (χ0v) is 14.8. The monoisotopic (exact) mass is 367 g/mol. The van der Waals surface area contributed by atoms with E-state index in [9.17, 15) is 13.6 Å². The SMILES string of the molecule is CC(c1ccc(Cl)cc1)N(C)C(=O)CCc1ccc(OC(F)F)cc1. The molecule has 0 heterocycles. The Morgan fingerprint density at radius 1 is 1.12 bits per heavy atom. The topological polar surface area (TPSA) is 29.5 Å². The highest BCUT2D eigenvalue weighted by molar-refractivity contribution is 6.30. The number of hydrogen-bond acceptors (Lipinski definition) is 2. The number of hydrogen-bond donors (Lipinski definition) is 0. The Bertz CT molecular complexity index is 690. The van der Waals surface area contributed by atoms with Gasteiger partial charge >= 0.3 is 6.61 Å². The molecule has 134 valence electrons. The zero-order valence-electron chi connectivity index (χ0n) is 14.1. The number of carbonyl (C=O) groups is 1. The highest BCUT2D eigenvalue weighted by atomic mass is 35.5. The molecule has 0 fully saturated rings. The van der Waals surface area contributed by atoms with E-state index in [4.69, 9.17) is 11.6 Å². The zero-order chi connectivity index (χ0) is 18.4. The van der Waals surface area contributed by atoms with Crippen LogP contribution in [0.2, 0.25) is 5.02 Å². The second kappa shape index (κ2) is 8.81. The summed E-state index contributed by atoms with van der Waals surface area (Å²) in [5, 5.41) is 0.657. The van der Waals surface area contributed by atoms with E-state index in [1.807, 2.05) is 19.1 Å². The van der Waals surface area contributed by atoms with Crippen LogP contribution in [0, 0.1) is 0 Å². The first-order valence-corrected chi connectivity index (χ1v) is 8.29. The van der Waals surface area contributed by atoms with Crippen LogP contribution in [0.15, 0.2) is 48.5 Å². The van der Waals surface area contributed by atoms with Crippen LogP contribution < -0.4 is 4.74 Å². The Labute approximate surface area is 151 Å². The fraction of sp³-hybridized carbons (Fsp3) is 0.316. The van der Waals surface area contributed by atoms with Crippen molar-refractivity contribution in [2.45, 2.75) is 32.4 Å². The summed E-state index contributed by atoms with van der Waals surface area (Å²) < 4.78 is 28.5. The van der Waals surface area contributed by atoms with Crippen molar-refractivity contribution < 1.29 is 18.3 Å². The van der Waals surface area contributed by atoms with Crippen LogP contribution in [-0.2, 0) is 11.2 Å². The third-order valence-electron chi connectivity index (χ3n) is 4.10. The molecule has 0 N–H and O–H groups in total. The largest absolute Gasteiger partial charge is 0.435 e. The lowest BCUT2D eigenvalue weighted by Gasteiger charge is -2.25. The van der Waals surface area contributed by atoms with E-state index >= 15 is 0 Å². The van der Waals surface area contributed by atoms with E-state index < -0.39 is 6.61 Å². The molecule has 6 heteroatoms. The fourth-order valence-electron chi connectivity index (χ4n) is 2.45. The number of alkyl halides is 2. The third kappa shape index (κ3) is 5.71. The average Bonchev–Trinajstić information content (AvgIpc) is 2.59. The summed E-state index contributed by atoms with van der Waals surface area (Å²) >= 11 is 5.88. The van der Waals surface area contributed by atoms with Gasteiger partial charge in [0.2, 0.25) is 5.91 Å². The number of aryl methyl sites for hydroxylation is 1. The molecule has 0 saturated heterocycles. The molecule has 1 atom stereocenters. The second-order valence-electron chi connectivity index (χ2n) is 5.75. The van der Waals surface area contributed by atoms with Crippen molar-refractivity contribution >= 4 is 17.5 Å². The molecule has 1 unspecified atom stereocenters.